The summed E-state index contributed by atoms with van der Waals surface area (Å²) in [4.78, 5) is 11.0. The molecule has 0 rings (SSSR count). The van der Waals surface area contributed by atoms with Crippen LogP contribution in [0, 0.1) is 0 Å². The topological polar surface area (TPSA) is 134 Å². The first-order chi connectivity index (χ1) is 8.37. The first-order valence-corrected chi connectivity index (χ1v) is 6.72. The number of nitrogens with two attached hydrogens (primary N) is 1. The average Bonchev–Trinajstić information content (AvgIpc) is 2.28. The lowest BCUT2D eigenvalue weighted by atomic mass is 10.4. The van der Waals surface area contributed by atoms with E-state index in [1.165, 1.54) is 0 Å². The van der Waals surface area contributed by atoms with Crippen LogP contribution in [0.3, 0.4) is 0 Å². The van der Waals surface area contributed by atoms with E-state index in [4.69, 9.17) is 10.9 Å². The number of carbonyl (C=O) groups excluding carboxylic acids is 1. The molecule has 4 N–H and O–H groups in total. The van der Waals surface area contributed by atoms with Crippen molar-refractivity contribution in [1.29, 1.82) is 0 Å². The summed E-state index contributed by atoms with van der Waals surface area (Å²) in [5.41, 5.74) is 5.23. The zero-order chi connectivity index (χ0) is 14.2. The second kappa shape index (κ2) is 7.71. The number of carbonyl (C=O) groups is 1. The first-order valence-electron chi connectivity index (χ1n) is 5.28. The summed E-state index contributed by atoms with van der Waals surface area (Å²) in [6.07, 6.45) is -0.992. The molecule has 0 aliphatic rings. The number of nitrogens with one attached hydrogen (secondary N) is 1. The molecule has 10 heteroatoms. The molecule has 106 valence electrons. The van der Waals surface area contributed by atoms with Crippen molar-refractivity contribution in [3.63, 3.8) is 0 Å². The number of ether oxygens (including phenoxy) is 1. The second-order valence-electron chi connectivity index (χ2n) is 3.16. The Hall–Kier alpha value is -1.55. The van der Waals surface area contributed by atoms with E-state index in [2.05, 4.69) is 9.89 Å². The number of hydrogen-bond acceptors (Lipinski definition) is 6. The van der Waals surface area contributed by atoms with E-state index in [0.29, 0.717) is 0 Å². The predicted octanol–water partition coefficient (Wildman–Crippen LogP) is -0.564. The largest absolute Gasteiger partial charge is 0.449 e. The highest BCUT2D eigenvalue weighted by Gasteiger charge is 2.23. The number of oxime groups is 1. The number of hydrogen-bond donors (Lipinski definition) is 3. The molecule has 0 aromatic carbocycles. The Morgan fingerprint density at radius 2 is 2.11 bits per heavy atom. The van der Waals surface area contributed by atoms with Gasteiger partial charge in [0, 0.05) is 19.5 Å². The summed E-state index contributed by atoms with van der Waals surface area (Å²) in [6, 6.07) is 0. The third-order valence-corrected chi connectivity index (χ3v) is 3.47. The monoisotopic (exact) mass is 282 g/mol. The van der Waals surface area contributed by atoms with Crippen molar-refractivity contribution in [3.05, 3.63) is 0 Å². The molecule has 0 radical (unpaired) electrons. The Kier molecular flexibility index (Phi) is 7.05. The van der Waals surface area contributed by atoms with Gasteiger partial charge in [-0.3, -0.25) is 0 Å². The summed E-state index contributed by atoms with van der Waals surface area (Å²) in [5, 5.41) is 11.1. The van der Waals surface area contributed by atoms with Crippen LogP contribution in [0.4, 0.5) is 4.79 Å². The molecule has 0 aromatic rings. The smallest absolute Gasteiger partial charge is 0.421 e. The number of nitrogens with zero attached hydrogens (tertiary/aromatic N) is 2. The molecule has 1 amide bonds. The zero-order valence-corrected chi connectivity index (χ0v) is 11.1. The highest BCUT2D eigenvalue weighted by atomic mass is 32.2. The molecule has 9 nitrogen and oxygen atoms in total. The van der Waals surface area contributed by atoms with Gasteiger partial charge in [0.15, 0.2) is 0 Å². The van der Waals surface area contributed by atoms with Crippen LogP contribution in [-0.4, -0.2) is 49.6 Å². The molecule has 0 fully saturated rings. The van der Waals surface area contributed by atoms with Crippen molar-refractivity contribution in [3.8, 4) is 0 Å². The van der Waals surface area contributed by atoms with Crippen LogP contribution in [-0.2, 0) is 14.9 Å². The molecule has 0 unspecified atom stereocenters. The van der Waals surface area contributed by atoms with Crippen LogP contribution in [0.1, 0.15) is 20.3 Å². The lowest BCUT2D eigenvalue weighted by Crippen LogP contribution is -2.44. The fourth-order valence-corrected chi connectivity index (χ4v) is 2.14. The van der Waals surface area contributed by atoms with Gasteiger partial charge in [0.2, 0.25) is 0 Å². The average molecular weight is 282 g/mol. The fraction of sp³-hybridized carbons (Fsp3) is 0.750. The summed E-state index contributed by atoms with van der Waals surface area (Å²) >= 11 is 0. The van der Waals surface area contributed by atoms with Crippen molar-refractivity contribution >= 4 is 22.1 Å². The minimum atomic E-state index is -3.98. The van der Waals surface area contributed by atoms with E-state index in [9.17, 15) is 13.2 Å². The van der Waals surface area contributed by atoms with Gasteiger partial charge in [-0.2, -0.15) is 12.7 Å². The number of rotatable bonds is 7. The minimum absolute atomic E-state index is 0.0128. The Labute approximate surface area is 106 Å². The van der Waals surface area contributed by atoms with Crippen LogP contribution >= 0.6 is 0 Å². The molecule has 0 atom stereocenters. The summed E-state index contributed by atoms with van der Waals surface area (Å²) in [5.74, 6) is -0.0974. The molecule has 18 heavy (non-hydrogen) atoms. The van der Waals surface area contributed by atoms with Gasteiger partial charge in [0.05, 0.1) is 6.61 Å². The molecule has 0 saturated heterocycles. The Morgan fingerprint density at radius 1 is 1.50 bits per heavy atom. The first kappa shape index (κ1) is 16.4. The van der Waals surface area contributed by atoms with Gasteiger partial charge < -0.3 is 15.7 Å². The molecular weight excluding hydrogens is 264 g/mol. The number of amidine groups is 1. The molecular formula is C8H18N4O5S. The molecule has 0 aromatic heterocycles. The van der Waals surface area contributed by atoms with Crippen LogP contribution in [0.15, 0.2) is 5.16 Å². The van der Waals surface area contributed by atoms with Crippen LogP contribution in [0.25, 0.3) is 0 Å². The predicted molar refractivity (Wildman–Crippen MR) is 64.4 cm³/mol. The van der Waals surface area contributed by atoms with Gasteiger partial charge in [0.1, 0.15) is 5.84 Å². The van der Waals surface area contributed by atoms with Gasteiger partial charge in [-0.05, 0) is 6.92 Å². The van der Waals surface area contributed by atoms with Crippen molar-refractivity contribution in [1.82, 2.24) is 9.03 Å². The minimum Gasteiger partial charge on any atom is -0.449 e. The lowest BCUT2D eigenvalue weighted by molar-refractivity contribution is 0.158. The van der Waals surface area contributed by atoms with Crippen molar-refractivity contribution in [2.75, 3.05) is 19.7 Å². The van der Waals surface area contributed by atoms with Crippen molar-refractivity contribution in [2.24, 2.45) is 10.9 Å². The Balaban J connectivity index is 4.57. The third kappa shape index (κ3) is 5.68. The maximum atomic E-state index is 11.7. The van der Waals surface area contributed by atoms with E-state index in [-0.39, 0.29) is 32.0 Å². The Morgan fingerprint density at radius 3 is 2.56 bits per heavy atom. The van der Waals surface area contributed by atoms with E-state index in [1.807, 2.05) is 0 Å². The maximum Gasteiger partial charge on any atom is 0.421 e. The highest BCUT2D eigenvalue weighted by molar-refractivity contribution is 7.87. The zero-order valence-electron chi connectivity index (χ0n) is 10.3. The van der Waals surface area contributed by atoms with Crippen molar-refractivity contribution in [2.45, 2.75) is 20.3 Å². The molecule has 0 aliphatic carbocycles. The summed E-state index contributed by atoms with van der Waals surface area (Å²) in [6.45, 7) is 3.34. The van der Waals surface area contributed by atoms with Crippen molar-refractivity contribution < 1.29 is 23.2 Å². The van der Waals surface area contributed by atoms with E-state index < -0.39 is 16.3 Å². The number of amides is 1. The van der Waals surface area contributed by atoms with Crippen LogP contribution < -0.4 is 10.5 Å². The fourth-order valence-electron chi connectivity index (χ4n) is 1.07. The van der Waals surface area contributed by atoms with Gasteiger partial charge in [0.25, 0.3) is 0 Å². The van der Waals surface area contributed by atoms with Gasteiger partial charge in [-0.1, -0.05) is 12.1 Å². The van der Waals surface area contributed by atoms with E-state index in [1.54, 1.807) is 18.6 Å². The Bertz CT molecular complexity index is 394. The normalized spacial score (nSPS) is 12.5. The third-order valence-electron chi connectivity index (χ3n) is 1.93. The summed E-state index contributed by atoms with van der Waals surface area (Å²) in [7, 11) is -3.98. The molecule has 0 heterocycles. The van der Waals surface area contributed by atoms with Crippen LogP contribution in [0.2, 0.25) is 0 Å². The lowest BCUT2D eigenvalue weighted by Gasteiger charge is -2.19. The molecule has 0 aliphatic heterocycles. The van der Waals surface area contributed by atoms with E-state index in [0.717, 1.165) is 4.31 Å². The standard InChI is InChI=1S/C8H18N4O5S/c1-3-12(6-5-7(9)10-14)18(15,16)11-8(13)17-4-2/h14H,3-6H2,1-2H3,(H2,9,10)(H,11,13). The van der Waals surface area contributed by atoms with Gasteiger partial charge in [-0.15, -0.1) is 0 Å². The molecule has 0 saturated carbocycles. The van der Waals surface area contributed by atoms with Gasteiger partial charge >= 0.3 is 16.3 Å². The summed E-state index contributed by atoms with van der Waals surface area (Å²) < 4.78 is 30.6. The van der Waals surface area contributed by atoms with Gasteiger partial charge in [-0.25, -0.2) is 9.52 Å². The highest BCUT2D eigenvalue weighted by Crippen LogP contribution is 2.00. The SMILES string of the molecule is CCOC(=O)NS(=O)(=O)N(CC)CCC(N)=NO. The van der Waals surface area contributed by atoms with E-state index >= 15 is 0 Å². The molecule has 0 spiro atoms. The second-order valence-corrected chi connectivity index (χ2v) is 4.83. The molecule has 0 bridgehead atoms. The van der Waals surface area contributed by atoms with Crippen LogP contribution in [0.5, 0.6) is 0 Å². The quantitative estimate of drug-likeness (QED) is 0.248. The maximum absolute atomic E-state index is 11.7.